The minimum absolute atomic E-state index is 0.578. The third kappa shape index (κ3) is 8.44. The number of nitrogens with zero attached hydrogens (tertiary/aromatic N) is 4. The predicted octanol–water partition coefficient (Wildman–Crippen LogP) is 18.3. The van der Waals surface area contributed by atoms with E-state index in [1.54, 1.807) is 0 Å². The van der Waals surface area contributed by atoms with E-state index >= 15 is 0 Å². The van der Waals surface area contributed by atoms with Crippen LogP contribution in [0.3, 0.4) is 0 Å². The topological polar surface area (TPSA) is 46.5 Å². The van der Waals surface area contributed by atoms with Crippen molar-refractivity contribution in [3.05, 3.63) is 272 Å². The zero-order chi connectivity index (χ0) is 49.3. The molecule has 0 aliphatic rings. The standard InChI is InChI=1S/C60H38N4.C9H12/c61-38-40-21-26-55(63-56-27-22-45(41-13-5-1-6-14-41)34-50(56)51-35-46(23-28-57(51)63)42-15-7-2-8-16-42)49(33-40)54-39-62-32-31-60(54)64-58-29-24-47(43-17-9-3-10-18-43)36-52(58)53-37-48(25-30-59(53)64)44-19-11-4-12-20-44;1-8(2)9-6-4-3-5-7-9/h1-37,39H;3-8H,1-2H3. The molecule has 4 heteroatoms. The Morgan fingerprint density at radius 2 is 0.712 bits per heavy atom. The molecule has 0 radical (unpaired) electrons. The molecule has 4 nitrogen and oxygen atoms in total. The SMILES string of the molecule is CC(C)c1ccccc1.N#Cc1ccc(-n2c3ccc(-c4ccccc4)cc3c3cc(-c4ccccc4)ccc32)c(-c2cnccc2-n2c3ccc(-c4ccccc4)cc3c3cc(-c4ccccc4)ccc32)c1. The van der Waals surface area contributed by atoms with Gasteiger partial charge in [-0.1, -0.05) is 190 Å². The van der Waals surface area contributed by atoms with E-state index in [2.05, 4.69) is 260 Å². The summed E-state index contributed by atoms with van der Waals surface area (Å²) in [7, 11) is 0. The summed E-state index contributed by atoms with van der Waals surface area (Å²) in [6.45, 7) is 4.41. The Hall–Kier alpha value is -9.56. The van der Waals surface area contributed by atoms with Gasteiger partial charge in [0.25, 0.3) is 0 Å². The Morgan fingerprint density at radius 1 is 0.356 bits per heavy atom. The largest absolute Gasteiger partial charge is 0.309 e. The summed E-state index contributed by atoms with van der Waals surface area (Å²) in [4.78, 5) is 4.79. The van der Waals surface area contributed by atoms with Crippen molar-refractivity contribution in [3.8, 4) is 73.1 Å². The van der Waals surface area contributed by atoms with Gasteiger partial charge in [-0.2, -0.15) is 5.26 Å². The lowest BCUT2D eigenvalue weighted by molar-refractivity contribution is 0.867. The maximum Gasteiger partial charge on any atom is 0.0991 e. The van der Waals surface area contributed by atoms with Crippen molar-refractivity contribution < 1.29 is 0 Å². The molecule has 0 saturated carbocycles. The molecule has 73 heavy (non-hydrogen) atoms. The molecule has 0 aliphatic carbocycles. The average molecular weight is 935 g/mol. The van der Waals surface area contributed by atoms with Crippen molar-refractivity contribution in [2.75, 3.05) is 0 Å². The van der Waals surface area contributed by atoms with Gasteiger partial charge in [-0.05, 0) is 129 Å². The van der Waals surface area contributed by atoms with Gasteiger partial charge in [0.2, 0.25) is 0 Å². The summed E-state index contributed by atoms with van der Waals surface area (Å²) in [6.07, 6.45) is 3.83. The molecule has 0 amide bonds. The number of rotatable bonds is 8. The van der Waals surface area contributed by atoms with Crippen LogP contribution < -0.4 is 0 Å². The molecule has 10 aromatic carbocycles. The number of hydrogen-bond acceptors (Lipinski definition) is 2. The van der Waals surface area contributed by atoms with Crippen LogP contribution in [-0.4, -0.2) is 14.1 Å². The van der Waals surface area contributed by atoms with E-state index in [4.69, 9.17) is 4.98 Å². The molecular weight excluding hydrogens is 885 g/mol. The lowest BCUT2D eigenvalue weighted by atomic mass is 10.00. The number of pyridine rings is 1. The third-order valence-electron chi connectivity index (χ3n) is 14.1. The Bertz CT molecular complexity index is 3950. The fraction of sp³-hybridized carbons (Fsp3) is 0.0435. The first-order valence-electron chi connectivity index (χ1n) is 24.9. The number of nitriles is 1. The first kappa shape index (κ1) is 44.6. The Morgan fingerprint density at radius 3 is 1.05 bits per heavy atom. The van der Waals surface area contributed by atoms with Gasteiger partial charge in [-0.3, -0.25) is 4.98 Å². The molecule has 13 aromatic rings. The van der Waals surface area contributed by atoms with Gasteiger partial charge < -0.3 is 9.13 Å². The molecule has 0 unspecified atom stereocenters. The van der Waals surface area contributed by atoms with E-state index in [0.29, 0.717) is 11.5 Å². The van der Waals surface area contributed by atoms with Crippen molar-refractivity contribution in [1.82, 2.24) is 14.1 Å². The zero-order valence-corrected chi connectivity index (χ0v) is 40.7. The molecule has 0 spiro atoms. The number of benzene rings is 10. The van der Waals surface area contributed by atoms with Crippen LogP contribution in [0.15, 0.2) is 261 Å². The second-order valence-corrected chi connectivity index (χ2v) is 18.9. The first-order valence-corrected chi connectivity index (χ1v) is 24.9. The number of aromatic nitrogens is 3. The number of hydrogen-bond donors (Lipinski definition) is 0. The van der Waals surface area contributed by atoms with Crippen molar-refractivity contribution in [2.24, 2.45) is 0 Å². The fourth-order valence-electron chi connectivity index (χ4n) is 10.5. The summed E-state index contributed by atoms with van der Waals surface area (Å²) in [5.41, 5.74) is 19.4. The lowest BCUT2D eigenvalue weighted by Crippen LogP contribution is -2.02. The predicted molar refractivity (Wildman–Crippen MR) is 305 cm³/mol. The van der Waals surface area contributed by atoms with Gasteiger partial charge in [0.05, 0.1) is 45.1 Å². The van der Waals surface area contributed by atoms with Gasteiger partial charge in [0, 0.05) is 45.1 Å². The molecule has 346 valence electrons. The van der Waals surface area contributed by atoms with E-state index in [-0.39, 0.29) is 0 Å². The molecule has 0 bridgehead atoms. The van der Waals surface area contributed by atoms with Gasteiger partial charge in [-0.15, -0.1) is 0 Å². The van der Waals surface area contributed by atoms with Crippen LogP contribution in [0.1, 0.15) is 30.9 Å². The van der Waals surface area contributed by atoms with Crippen LogP contribution in [0.25, 0.3) is 111 Å². The molecule has 0 atom stereocenters. The zero-order valence-electron chi connectivity index (χ0n) is 40.7. The first-order chi connectivity index (χ1) is 36.0. The second kappa shape index (κ2) is 19.3. The fourth-order valence-corrected chi connectivity index (χ4v) is 10.5. The molecule has 0 saturated heterocycles. The van der Waals surface area contributed by atoms with Crippen LogP contribution in [0.4, 0.5) is 0 Å². The van der Waals surface area contributed by atoms with Gasteiger partial charge in [-0.25, -0.2) is 0 Å². The summed E-state index contributed by atoms with van der Waals surface area (Å²) < 4.78 is 4.74. The molecule has 3 heterocycles. The summed E-state index contributed by atoms with van der Waals surface area (Å²) in [6, 6.07) is 90.6. The van der Waals surface area contributed by atoms with Gasteiger partial charge >= 0.3 is 0 Å². The molecule has 13 rings (SSSR count). The van der Waals surface area contributed by atoms with Crippen LogP contribution in [0, 0.1) is 11.3 Å². The maximum absolute atomic E-state index is 10.4. The summed E-state index contributed by atoms with van der Waals surface area (Å²) in [5.74, 6) is 0.659. The smallest absolute Gasteiger partial charge is 0.0991 e. The molecule has 0 fully saturated rings. The van der Waals surface area contributed by atoms with Crippen molar-refractivity contribution >= 4 is 43.6 Å². The second-order valence-electron chi connectivity index (χ2n) is 18.9. The Kier molecular flexibility index (Phi) is 11.8. The monoisotopic (exact) mass is 934 g/mol. The van der Waals surface area contributed by atoms with Crippen molar-refractivity contribution in [1.29, 1.82) is 5.26 Å². The van der Waals surface area contributed by atoms with Gasteiger partial charge in [0.15, 0.2) is 0 Å². The molecular formula is C69H50N4. The van der Waals surface area contributed by atoms with E-state index < -0.39 is 0 Å². The highest BCUT2D eigenvalue weighted by molar-refractivity contribution is 6.14. The highest BCUT2D eigenvalue weighted by Crippen LogP contribution is 2.43. The minimum Gasteiger partial charge on any atom is -0.309 e. The Balaban J connectivity index is 0.000000548. The number of fused-ring (bicyclic) bond motifs is 6. The molecule has 0 aliphatic heterocycles. The quantitative estimate of drug-likeness (QED) is 0.152. The van der Waals surface area contributed by atoms with E-state index in [0.717, 1.165) is 88.4 Å². The van der Waals surface area contributed by atoms with Gasteiger partial charge in [0.1, 0.15) is 0 Å². The minimum atomic E-state index is 0.578. The molecule has 3 aromatic heterocycles. The summed E-state index contributed by atoms with van der Waals surface area (Å²) in [5, 5.41) is 15.1. The lowest BCUT2D eigenvalue weighted by Gasteiger charge is -2.18. The van der Waals surface area contributed by atoms with E-state index in [1.807, 2.05) is 30.6 Å². The highest BCUT2D eigenvalue weighted by atomic mass is 15.0. The van der Waals surface area contributed by atoms with E-state index in [1.165, 1.54) is 27.8 Å². The highest BCUT2D eigenvalue weighted by Gasteiger charge is 2.22. The maximum atomic E-state index is 10.4. The normalized spacial score (nSPS) is 11.3. The van der Waals surface area contributed by atoms with Crippen LogP contribution in [0.5, 0.6) is 0 Å². The van der Waals surface area contributed by atoms with Crippen molar-refractivity contribution in [2.45, 2.75) is 19.8 Å². The van der Waals surface area contributed by atoms with Crippen LogP contribution >= 0.6 is 0 Å². The third-order valence-corrected chi connectivity index (χ3v) is 14.1. The van der Waals surface area contributed by atoms with Crippen molar-refractivity contribution in [3.63, 3.8) is 0 Å². The van der Waals surface area contributed by atoms with Crippen LogP contribution in [0.2, 0.25) is 0 Å². The summed E-state index contributed by atoms with van der Waals surface area (Å²) >= 11 is 0. The van der Waals surface area contributed by atoms with E-state index in [9.17, 15) is 5.26 Å². The molecule has 0 N–H and O–H groups in total. The average Bonchev–Trinajstić information content (AvgIpc) is 3.97. The van der Waals surface area contributed by atoms with Crippen LogP contribution in [-0.2, 0) is 0 Å². The Labute approximate surface area is 426 Å².